The number of benzene rings is 1. The van der Waals surface area contributed by atoms with E-state index in [1.165, 1.54) is 0 Å². The van der Waals surface area contributed by atoms with E-state index in [2.05, 4.69) is 15.9 Å². The van der Waals surface area contributed by atoms with E-state index in [0.29, 0.717) is 29.6 Å². The molecule has 1 aromatic carbocycles. The minimum atomic E-state index is 0.0689. The van der Waals surface area contributed by atoms with Gasteiger partial charge in [0.2, 0.25) is 0 Å². The minimum Gasteiger partial charge on any atom is -0.393 e. The minimum absolute atomic E-state index is 0.0689. The van der Waals surface area contributed by atoms with E-state index in [1.807, 2.05) is 30.0 Å². The smallest absolute Gasteiger partial charge is 0.254 e. The Morgan fingerprint density at radius 1 is 1.53 bits per heavy atom. The Kier molecular flexibility index (Phi) is 4.58. The molecule has 1 saturated carbocycles. The molecule has 5 heteroatoms. The highest BCUT2D eigenvalue weighted by Gasteiger charge is 2.32. The zero-order chi connectivity index (χ0) is 14.0. The van der Waals surface area contributed by atoms with Crippen molar-refractivity contribution in [3.63, 3.8) is 0 Å². The van der Waals surface area contributed by atoms with Crippen molar-refractivity contribution in [3.05, 3.63) is 33.8 Å². The molecule has 1 aliphatic rings. The number of aryl methyl sites for hydroxylation is 1. The fourth-order valence-electron chi connectivity index (χ4n) is 1.96. The first-order valence-electron chi connectivity index (χ1n) is 6.34. The summed E-state index contributed by atoms with van der Waals surface area (Å²) in [6.07, 6.45) is 2.75. The second kappa shape index (κ2) is 6.01. The Hall–Kier alpha value is -0.940. The lowest BCUT2D eigenvalue weighted by molar-refractivity contribution is 0.0748. The summed E-state index contributed by atoms with van der Waals surface area (Å²) in [5, 5.41) is 0. The van der Waals surface area contributed by atoms with Gasteiger partial charge in [0.05, 0.1) is 4.99 Å². The molecular formula is C14H17BrN2OS. The third-order valence-corrected chi connectivity index (χ3v) is 4.32. The Balaban J connectivity index is 2.14. The van der Waals surface area contributed by atoms with Gasteiger partial charge in [0, 0.05) is 29.0 Å². The van der Waals surface area contributed by atoms with Gasteiger partial charge in [-0.2, -0.15) is 0 Å². The van der Waals surface area contributed by atoms with Crippen LogP contribution in [0.1, 0.15) is 35.2 Å². The number of carbonyl (C=O) groups is 1. The summed E-state index contributed by atoms with van der Waals surface area (Å²) in [4.78, 5) is 14.9. The molecule has 0 aliphatic heterocycles. The molecular weight excluding hydrogens is 324 g/mol. The summed E-state index contributed by atoms with van der Waals surface area (Å²) in [6.45, 7) is 2.62. The number of amides is 1. The Labute approximate surface area is 127 Å². The van der Waals surface area contributed by atoms with Crippen molar-refractivity contribution >= 4 is 39.0 Å². The number of carbonyl (C=O) groups excluding carboxylic acids is 1. The van der Waals surface area contributed by atoms with Gasteiger partial charge in [-0.05, 0) is 37.5 Å². The lowest BCUT2D eigenvalue weighted by Gasteiger charge is -2.22. The van der Waals surface area contributed by atoms with Crippen molar-refractivity contribution in [1.82, 2.24) is 4.90 Å². The Bertz CT molecular complexity index is 514. The zero-order valence-corrected chi connectivity index (χ0v) is 13.3. The summed E-state index contributed by atoms with van der Waals surface area (Å²) < 4.78 is 0.962. The monoisotopic (exact) mass is 340 g/mol. The molecule has 0 radical (unpaired) electrons. The standard InChI is InChI=1S/C14H17BrN2OS/c1-9-2-3-10(8-12(9)15)14(18)17(11-4-5-11)7-6-13(16)19/h2-3,8,11H,4-7H2,1H3,(H2,16,19). The number of hydrogen-bond donors (Lipinski definition) is 1. The van der Waals surface area contributed by atoms with Crippen molar-refractivity contribution < 1.29 is 4.79 Å². The van der Waals surface area contributed by atoms with Crippen LogP contribution in [-0.2, 0) is 0 Å². The van der Waals surface area contributed by atoms with Crippen LogP contribution >= 0.6 is 28.1 Å². The summed E-state index contributed by atoms with van der Waals surface area (Å²) in [5.41, 5.74) is 7.37. The molecule has 0 spiro atoms. The van der Waals surface area contributed by atoms with Crippen molar-refractivity contribution in [2.24, 2.45) is 5.73 Å². The lowest BCUT2D eigenvalue weighted by Crippen LogP contribution is -2.35. The first kappa shape index (κ1) is 14.5. The molecule has 1 aliphatic carbocycles. The van der Waals surface area contributed by atoms with Gasteiger partial charge < -0.3 is 10.6 Å². The quantitative estimate of drug-likeness (QED) is 0.838. The fraction of sp³-hybridized carbons (Fsp3) is 0.429. The molecule has 2 rings (SSSR count). The molecule has 102 valence electrons. The van der Waals surface area contributed by atoms with Crippen molar-refractivity contribution in [3.8, 4) is 0 Å². The van der Waals surface area contributed by atoms with Crippen molar-refractivity contribution in [2.75, 3.05) is 6.54 Å². The van der Waals surface area contributed by atoms with Gasteiger partial charge in [-0.3, -0.25) is 4.79 Å². The molecule has 2 N–H and O–H groups in total. The second-order valence-electron chi connectivity index (χ2n) is 4.91. The topological polar surface area (TPSA) is 46.3 Å². The molecule has 0 saturated heterocycles. The third-order valence-electron chi connectivity index (χ3n) is 3.27. The fourth-order valence-corrected chi connectivity index (χ4v) is 2.43. The van der Waals surface area contributed by atoms with Crippen LogP contribution in [0, 0.1) is 6.92 Å². The van der Waals surface area contributed by atoms with Gasteiger partial charge in [0.25, 0.3) is 5.91 Å². The highest BCUT2D eigenvalue weighted by Crippen LogP contribution is 2.29. The molecule has 0 unspecified atom stereocenters. The summed E-state index contributed by atoms with van der Waals surface area (Å²) in [5.74, 6) is 0.0689. The number of halogens is 1. The molecule has 3 nitrogen and oxygen atoms in total. The molecule has 0 heterocycles. The maximum atomic E-state index is 12.5. The predicted molar refractivity (Wildman–Crippen MR) is 84.3 cm³/mol. The first-order chi connectivity index (χ1) is 8.99. The van der Waals surface area contributed by atoms with Crippen LogP contribution in [0.25, 0.3) is 0 Å². The van der Waals surface area contributed by atoms with E-state index in [-0.39, 0.29) is 5.91 Å². The molecule has 0 atom stereocenters. The van der Waals surface area contributed by atoms with E-state index in [9.17, 15) is 4.79 Å². The van der Waals surface area contributed by atoms with Crippen LogP contribution in [0.5, 0.6) is 0 Å². The largest absolute Gasteiger partial charge is 0.393 e. The highest BCUT2D eigenvalue weighted by atomic mass is 79.9. The van der Waals surface area contributed by atoms with E-state index in [4.69, 9.17) is 18.0 Å². The van der Waals surface area contributed by atoms with E-state index < -0.39 is 0 Å². The summed E-state index contributed by atoms with van der Waals surface area (Å²) in [6, 6.07) is 6.07. The summed E-state index contributed by atoms with van der Waals surface area (Å²) in [7, 11) is 0. The van der Waals surface area contributed by atoms with Crippen LogP contribution in [-0.4, -0.2) is 28.4 Å². The Morgan fingerprint density at radius 3 is 2.74 bits per heavy atom. The van der Waals surface area contributed by atoms with Crippen LogP contribution in [0.3, 0.4) is 0 Å². The van der Waals surface area contributed by atoms with Crippen LogP contribution in [0.4, 0.5) is 0 Å². The average Bonchev–Trinajstić information content (AvgIpc) is 3.16. The van der Waals surface area contributed by atoms with Crippen LogP contribution < -0.4 is 5.73 Å². The number of rotatable bonds is 5. The first-order valence-corrected chi connectivity index (χ1v) is 7.54. The molecule has 1 amide bonds. The number of hydrogen-bond acceptors (Lipinski definition) is 2. The highest BCUT2D eigenvalue weighted by molar-refractivity contribution is 9.10. The van der Waals surface area contributed by atoms with Crippen LogP contribution in [0.2, 0.25) is 0 Å². The maximum absolute atomic E-state index is 12.5. The van der Waals surface area contributed by atoms with Gasteiger partial charge in [-0.1, -0.05) is 34.2 Å². The van der Waals surface area contributed by atoms with Crippen molar-refractivity contribution in [2.45, 2.75) is 32.2 Å². The maximum Gasteiger partial charge on any atom is 0.254 e. The van der Waals surface area contributed by atoms with Gasteiger partial charge in [-0.15, -0.1) is 0 Å². The van der Waals surface area contributed by atoms with Gasteiger partial charge in [-0.25, -0.2) is 0 Å². The molecule has 19 heavy (non-hydrogen) atoms. The van der Waals surface area contributed by atoms with Gasteiger partial charge in [0.15, 0.2) is 0 Å². The number of nitrogens with two attached hydrogens (primary N) is 1. The van der Waals surface area contributed by atoms with E-state index in [0.717, 1.165) is 22.9 Å². The zero-order valence-electron chi connectivity index (χ0n) is 10.9. The SMILES string of the molecule is Cc1ccc(C(=O)N(CCC(N)=S)C2CC2)cc1Br. The van der Waals surface area contributed by atoms with Crippen molar-refractivity contribution in [1.29, 1.82) is 0 Å². The van der Waals surface area contributed by atoms with E-state index >= 15 is 0 Å². The lowest BCUT2D eigenvalue weighted by atomic mass is 10.1. The molecule has 1 aromatic rings. The third kappa shape index (κ3) is 3.76. The van der Waals surface area contributed by atoms with Gasteiger partial charge >= 0.3 is 0 Å². The molecule has 1 fully saturated rings. The average molecular weight is 341 g/mol. The summed E-state index contributed by atoms with van der Waals surface area (Å²) >= 11 is 8.36. The Morgan fingerprint density at radius 2 is 2.21 bits per heavy atom. The van der Waals surface area contributed by atoms with Gasteiger partial charge in [0.1, 0.15) is 0 Å². The normalized spacial score (nSPS) is 14.2. The van der Waals surface area contributed by atoms with Crippen LogP contribution in [0.15, 0.2) is 22.7 Å². The predicted octanol–water partition coefficient (Wildman–Crippen LogP) is 3.04. The van der Waals surface area contributed by atoms with E-state index in [1.54, 1.807) is 0 Å². The molecule has 0 aromatic heterocycles. The number of thiocarbonyl (C=S) groups is 1. The number of nitrogens with zero attached hydrogens (tertiary/aromatic N) is 1. The second-order valence-corrected chi connectivity index (χ2v) is 6.29. The molecule has 0 bridgehead atoms.